The molecular weight excluding hydrogens is 168 g/mol. The molecule has 13 heavy (non-hydrogen) atoms. The second kappa shape index (κ2) is 4.39. The van der Waals surface area contributed by atoms with Crippen LogP contribution in [-0.2, 0) is 4.79 Å². The van der Waals surface area contributed by atoms with Gasteiger partial charge in [-0.25, -0.2) is 0 Å². The van der Waals surface area contributed by atoms with E-state index in [-0.39, 0.29) is 0 Å². The Balaban J connectivity index is 5.07. The van der Waals surface area contributed by atoms with Gasteiger partial charge in [0, 0.05) is 5.57 Å². The van der Waals surface area contributed by atoms with Gasteiger partial charge in [-0.15, -0.1) is 0 Å². The minimum Gasteiger partial charge on any atom is -0.372 e. The van der Waals surface area contributed by atoms with Crippen LogP contribution >= 0.6 is 0 Å². The summed E-state index contributed by atoms with van der Waals surface area (Å²) in [6.07, 6.45) is 0.844. The van der Waals surface area contributed by atoms with Crippen LogP contribution in [0.3, 0.4) is 0 Å². The summed E-state index contributed by atoms with van der Waals surface area (Å²) in [6.45, 7) is 5.18. The minimum absolute atomic E-state index is 0.357. The van der Waals surface area contributed by atoms with Crippen molar-refractivity contribution >= 4 is 5.91 Å². The van der Waals surface area contributed by atoms with Crippen molar-refractivity contribution in [1.82, 2.24) is 0 Å². The minimum atomic E-state index is -1.42. The Labute approximate surface area is 78.6 Å². The van der Waals surface area contributed by atoms with Gasteiger partial charge in [-0.1, -0.05) is 13.8 Å². The van der Waals surface area contributed by atoms with Gasteiger partial charge in [0.1, 0.15) is 5.72 Å². The Hall–Kier alpha value is -0.870. The van der Waals surface area contributed by atoms with E-state index >= 15 is 0 Å². The molecule has 4 heteroatoms. The molecule has 0 aromatic rings. The van der Waals surface area contributed by atoms with Crippen LogP contribution in [0.4, 0.5) is 0 Å². The standard InChI is InChI=1S/C9H18N2O2/c1-4-7(8(10)12)6(3)9(11,13)5-2/h13H,4-5,11H2,1-3H3,(H2,10,12)/b7-6+. The maximum atomic E-state index is 10.9. The summed E-state index contributed by atoms with van der Waals surface area (Å²) in [5.74, 6) is -0.516. The maximum Gasteiger partial charge on any atom is 0.244 e. The Morgan fingerprint density at radius 2 is 1.92 bits per heavy atom. The molecule has 0 bridgehead atoms. The number of amides is 1. The number of nitrogens with two attached hydrogens (primary N) is 2. The summed E-state index contributed by atoms with van der Waals surface area (Å²) in [7, 11) is 0. The largest absolute Gasteiger partial charge is 0.372 e. The zero-order valence-electron chi connectivity index (χ0n) is 8.42. The van der Waals surface area contributed by atoms with Crippen molar-refractivity contribution in [2.45, 2.75) is 39.3 Å². The van der Waals surface area contributed by atoms with Gasteiger partial charge in [0.25, 0.3) is 0 Å². The van der Waals surface area contributed by atoms with Crippen molar-refractivity contribution in [2.24, 2.45) is 11.5 Å². The van der Waals surface area contributed by atoms with E-state index in [0.29, 0.717) is 24.0 Å². The van der Waals surface area contributed by atoms with E-state index in [4.69, 9.17) is 11.5 Å². The average molecular weight is 186 g/mol. The van der Waals surface area contributed by atoms with Gasteiger partial charge in [0.15, 0.2) is 0 Å². The third-order valence-electron chi connectivity index (χ3n) is 2.29. The highest BCUT2D eigenvalue weighted by Gasteiger charge is 2.24. The molecule has 1 unspecified atom stereocenters. The number of aliphatic hydroxyl groups is 1. The van der Waals surface area contributed by atoms with Crippen LogP contribution in [-0.4, -0.2) is 16.7 Å². The van der Waals surface area contributed by atoms with E-state index < -0.39 is 11.6 Å². The first-order chi connectivity index (χ1) is 5.86. The lowest BCUT2D eigenvalue weighted by Gasteiger charge is -2.24. The molecule has 1 atom stereocenters. The van der Waals surface area contributed by atoms with Gasteiger partial charge in [-0.05, 0) is 25.3 Å². The molecule has 0 heterocycles. The second-order valence-corrected chi connectivity index (χ2v) is 3.10. The molecule has 0 radical (unpaired) electrons. The summed E-state index contributed by atoms with van der Waals surface area (Å²) < 4.78 is 0. The van der Waals surface area contributed by atoms with Crippen molar-refractivity contribution in [3.63, 3.8) is 0 Å². The van der Waals surface area contributed by atoms with E-state index in [9.17, 15) is 9.90 Å². The molecule has 0 aliphatic carbocycles. The van der Waals surface area contributed by atoms with Crippen molar-refractivity contribution in [3.05, 3.63) is 11.1 Å². The molecule has 0 saturated heterocycles. The highest BCUT2D eigenvalue weighted by Crippen LogP contribution is 2.19. The van der Waals surface area contributed by atoms with Gasteiger partial charge in [-0.3, -0.25) is 4.79 Å². The van der Waals surface area contributed by atoms with E-state index in [0.717, 1.165) is 0 Å². The van der Waals surface area contributed by atoms with E-state index in [1.165, 1.54) is 0 Å². The van der Waals surface area contributed by atoms with Crippen LogP contribution in [0.5, 0.6) is 0 Å². The van der Waals surface area contributed by atoms with Gasteiger partial charge in [0.05, 0.1) is 0 Å². The first-order valence-corrected chi connectivity index (χ1v) is 4.38. The number of rotatable bonds is 4. The van der Waals surface area contributed by atoms with E-state index in [2.05, 4.69) is 0 Å². The fourth-order valence-corrected chi connectivity index (χ4v) is 1.15. The van der Waals surface area contributed by atoms with Gasteiger partial charge >= 0.3 is 0 Å². The summed E-state index contributed by atoms with van der Waals surface area (Å²) in [5, 5.41) is 9.65. The molecule has 1 amide bonds. The van der Waals surface area contributed by atoms with Crippen molar-refractivity contribution in [1.29, 1.82) is 0 Å². The van der Waals surface area contributed by atoms with Crippen molar-refractivity contribution in [2.75, 3.05) is 0 Å². The topological polar surface area (TPSA) is 89.3 Å². The Morgan fingerprint density at radius 3 is 2.15 bits per heavy atom. The molecule has 76 valence electrons. The van der Waals surface area contributed by atoms with E-state index in [1.807, 2.05) is 0 Å². The Kier molecular flexibility index (Phi) is 4.10. The fraction of sp³-hybridized carbons (Fsp3) is 0.667. The quantitative estimate of drug-likeness (QED) is 0.434. The highest BCUT2D eigenvalue weighted by atomic mass is 16.3. The normalized spacial score (nSPS) is 17.6. The molecule has 0 aromatic carbocycles. The molecule has 0 saturated carbocycles. The molecule has 0 fully saturated rings. The molecule has 0 rings (SSSR count). The molecule has 0 aliphatic rings. The van der Waals surface area contributed by atoms with Crippen LogP contribution in [0.25, 0.3) is 0 Å². The average Bonchev–Trinajstić information content (AvgIpc) is 2.05. The zero-order chi connectivity index (χ0) is 10.6. The third-order valence-corrected chi connectivity index (χ3v) is 2.29. The van der Waals surface area contributed by atoms with Crippen LogP contribution in [0.2, 0.25) is 0 Å². The molecule has 0 spiro atoms. The molecule has 0 aliphatic heterocycles. The number of carbonyl (C=O) groups excluding carboxylic acids is 1. The van der Waals surface area contributed by atoms with Crippen LogP contribution in [0.1, 0.15) is 33.6 Å². The number of hydrogen-bond donors (Lipinski definition) is 3. The van der Waals surface area contributed by atoms with Crippen LogP contribution in [0, 0.1) is 0 Å². The molecular formula is C9H18N2O2. The van der Waals surface area contributed by atoms with E-state index in [1.54, 1.807) is 20.8 Å². The maximum absolute atomic E-state index is 10.9. The molecule has 4 nitrogen and oxygen atoms in total. The third kappa shape index (κ3) is 2.82. The van der Waals surface area contributed by atoms with Gasteiger partial charge in [0.2, 0.25) is 5.91 Å². The lowest BCUT2D eigenvalue weighted by atomic mass is 9.95. The Bertz CT molecular complexity index is 232. The zero-order valence-corrected chi connectivity index (χ0v) is 8.42. The molecule has 5 N–H and O–H groups in total. The highest BCUT2D eigenvalue weighted by molar-refractivity contribution is 5.92. The summed E-state index contributed by atoms with van der Waals surface area (Å²) in [5.41, 5.74) is 10.2. The fourth-order valence-electron chi connectivity index (χ4n) is 1.15. The number of primary amides is 1. The van der Waals surface area contributed by atoms with Crippen LogP contribution < -0.4 is 11.5 Å². The lowest BCUT2D eigenvalue weighted by molar-refractivity contribution is -0.114. The van der Waals surface area contributed by atoms with Crippen molar-refractivity contribution < 1.29 is 9.90 Å². The number of hydrogen-bond acceptors (Lipinski definition) is 3. The predicted molar refractivity (Wildman–Crippen MR) is 51.6 cm³/mol. The molecule has 0 aromatic heterocycles. The Morgan fingerprint density at radius 1 is 1.46 bits per heavy atom. The summed E-state index contributed by atoms with van der Waals surface area (Å²) >= 11 is 0. The first kappa shape index (κ1) is 12.1. The monoisotopic (exact) mass is 186 g/mol. The first-order valence-electron chi connectivity index (χ1n) is 4.38. The summed E-state index contributed by atoms with van der Waals surface area (Å²) in [6, 6.07) is 0. The van der Waals surface area contributed by atoms with Crippen molar-refractivity contribution in [3.8, 4) is 0 Å². The lowest BCUT2D eigenvalue weighted by Crippen LogP contribution is -2.41. The van der Waals surface area contributed by atoms with Gasteiger partial charge < -0.3 is 16.6 Å². The van der Waals surface area contributed by atoms with Gasteiger partial charge in [-0.2, -0.15) is 0 Å². The smallest absolute Gasteiger partial charge is 0.244 e. The predicted octanol–water partition coefficient (Wildman–Crippen LogP) is 0.256. The second-order valence-electron chi connectivity index (χ2n) is 3.10. The number of carbonyl (C=O) groups is 1. The SMILES string of the molecule is CC/C(C(N)=O)=C(/C)C(N)(O)CC. The summed E-state index contributed by atoms with van der Waals surface area (Å²) in [4.78, 5) is 10.9. The van der Waals surface area contributed by atoms with Crippen LogP contribution in [0.15, 0.2) is 11.1 Å².